The van der Waals surface area contributed by atoms with Crippen LogP contribution in [0.2, 0.25) is 0 Å². The lowest BCUT2D eigenvalue weighted by Gasteiger charge is -2.05. The molecule has 0 aliphatic carbocycles. The zero-order valence-electron chi connectivity index (χ0n) is 9.97. The van der Waals surface area contributed by atoms with Crippen LogP contribution in [0.5, 0.6) is 0 Å². The van der Waals surface area contributed by atoms with Crippen LogP contribution in [0.15, 0.2) is 24.9 Å². The van der Waals surface area contributed by atoms with Gasteiger partial charge in [0.25, 0.3) is 5.91 Å². The van der Waals surface area contributed by atoms with Gasteiger partial charge in [-0.2, -0.15) is 0 Å². The molecule has 7 heteroatoms. The number of amides is 1. The molecule has 2 rings (SSSR count). The Morgan fingerprint density at radius 3 is 2.94 bits per heavy atom. The lowest BCUT2D eigenvalue weighted by molar-refractivity contribution is 0.0945. The molecule has 0 aromatic carbocycles. The van der Waals surface area contributed by atoms with Gasteiger partial charge in [0.15, 0.2) is 0 Å². The lowest BCUT2D eigenvalue weighted by atomic mass is 10.4. The highest BCUT2D eigenvalue weighted by molar-refractivity contribution is 5.92. The van der Waals surface area contributed by atoms with Gasteiger partial charge >= 0.3 is 0 Å². The highest BCUT2D eigenvalue weighted by Gasteiger charge is 2.08. The third kappa shape index (κ3) is 3.03. The van der Waals surface area contributed by atoms with Crippen LogP contribution in [0.1, 0.15) is 23.1 Å². The lowest BCUT2D eigenvalue weighted by Crippen LogP contribution is -2.24. The van der Waals surface area contributed by atoms with Gasteiger partial charge in [-0.25, -0.2) is 9.97 Å². The first-order valence-electron chi connectivity index (χ1n) is 5.61. The quantitative estimate of drug-likeness (QED) is 0.716. The number of nitrogens with one attached hydrogen (secondary N) is 3. The molecule has 0 saturated carbocycles. The molecule has 18 heavy (non-hydrogen) atoms. The Balaban J connectivity index is 1.97. The van der Waals surface area contributed by atoms with Crippen molar-refractivity contribution in [3.8, 4) is 0 Å². The van der Waals surface area contributed by atoms with Gasteiger partial charge in [-0.15, -0.1) is 0 Å². The van der Waals surface area contributed by atoms with Gasteiger partial charge < -0.3 is 15.6 Å². The monoisotopic (exact) mass is 246 g/mol. The van der Waals surface area contributed by atoms with E-state index in [1.165, 1.54) is 6.20 Å². The molecule has 0 bridgehead atoms. The maximum atomic E-state index is 11.8. The third-order valence-electron chi connectivity index (χ3n) is 2.22. The standard InChI is InChI=1S/C11H14N6O/c1-2-14-10-6-12-5-9(17-10)11(18)15-4-8-3-13-7-16-8/h3,5-7H,2,4H2,1H3,(H,13,16)(H,14,17)(H,15,18). The number of rotatable bonds is 5. The number of imidazole rings is 1. The van der Waals surface area contributed by atoms with Crippen LogP contribution in [-0.2, 0) is 6.54 Å². The largest absolute Gasteiger partial charge is 0.369 e. The SMILES string of the molecule is CCNc1cncc(C(=O)NCc2cnc[nH]2)n1. The summed E-state index contributed by atoms with van der Waals surface area (Å²) in [6, 6.07) is 0. The molecule has 0 radical (unpaired) electrons. The van der Waals surface area contributed by atoms with E-state index in [9.17, 15) is 4.79 Å². The second kappa shape index (κ2) is 5.76. The molecular weight excluding hydrogens is 232 g/mol. The van der Waals surface area contributed by atoms with E-state index in [4.69, 9.17) is 0 Å². The van der Waals surface area contributed by atoms with Crippen LogP contribution in [0.25, 0.3) is 0 Å². The molecule has 2 aromatic heterocycles. The van der Waals surface area contributed by atoms with E-state index in [1.54, 1.807) is 18.7 Å². The van der Waals surface area contributed by atoms with E-state index in [-0.39, 0.29) is 11.6 Å². The van der Waals surface area contributed by atoms with Crippen LogP contribution in [0.4, 0.5) is 5.82 Å². The maximum Gasteiger partial charge on any atom is 0.271 e. The minimum absolute atomic E-state index is 0.267. The summed E-state index contributed by atoms with van der Waals surface area (Å²) >= 11 is 0. The van der Waals surface area contributed by atoms with Crippen LogP contribution in [0, 0.1) is 0 Å². The first-order chi connectivity index (χ1) is 8.79. The van der Waals surface area contributed by atoms with Crippen molar-refractivity contribution >= 4 is 11.7 Å². The van der Waals surface area contributed by atoms with E-state index in [0.29, 0.717) is 12.4 Å². The average Bonchev–Trinajstić information content (AvgIpc) is 2.90. The summed E-state index contributed by atoms with van der Waals surface area (Å²) in [5, 5.41) is 5.73. The van der Waals surface area contributed by atoms with Gasteiger partial charge in [-0.3, -0.25) is 9.78 Å². The Morgan fingerprint density at radius 2 is 2.22 bits per heavy atom. The summed E-state index contributed by atoms with van der Waals surface area (Å²) in [7, 11) is 0. The smallest absolute Gasteiger partial charge is 0.271 e. The highest BCUT2D eigenvalue weighted by Crippen LogP contribution is 2.02. The van der Waals surface area contributed by atoms with Crippen molar-refractivity contribution in [3.05, 3.63) is 36.3 Å². The van der Waals surface area contributed by atoms with Crippen molar-refractivity contribution in [3.63, 3.8) is 0 Å². The molecular formula is C11H14N6O. The first-order valence-corrected chi connectivity index (χ1v) is 5.61. The molecule has 0 fully saturated rings. The van der Waals surface area contributed by atoms with E-state index in [1.807, 2.05) is 6.92 Å². The van der Waals surface area contributed by atoms with Crippen molar-refractivity contribution in [1.82, 2.24) is 25.3 Å². The van der Waals surface area contributed by atoms with E-state index in [2.05, 4.69) is 30.6 Å². The minimum Gasteiger partial charge on any atom is -0.369 e. The number of carbonyl (C=O) groups is 1. The Bertz CT molecular complexity index is 510. The molecule has 0 saturated heterocycles. The van der Waals surface area contributed by atoms with Crippen LogP contribution < -0.4 is 10.6 Å². The molecule has 3 N–H and O–H groups in total. The predicted octanol–water partition coefficient (Wildman–Crippen LogP) is 0.561. The summed E-state index contributed by atoms with van der Waals surface area (Å²) in [4.78, 5) is 26.7. The number of aromatic nitrogens is 4. The highest BCUT2D eigenvalue weighted by atomic mass is 16.1. The summed E-state index contributed by atoms with van der Waals surface area (Å²) in [5.41, 5.74) is 1.12. The van der Waals surface area contributed by atoms with Gasteiger partial charge in [-0.1, -0.05) is 0 Å². The number of carbonyl (C=O) groups excluding carboxylic acids is 1. The summed E-state index contributed by atoms with van der Waals surface area (Å²) in [5.74, 6) is 0.323. The van der Waals surface area contributed by atoms with E-state index < -0.39 is 0 Å². The van der Waals surface area contributed by atoms with Gasteiger partial charge in [0.1, 0.15) is 11.5 Å². The predicted molar refractivity (Wildman–Crippen MR) is 66.0 cm³/mol. The number of H-pyrrole nitrogens is 1. The van der Waals surface area contributed by atoms with Crippen LogP contribution in [-0.4, -0.2) is 32.4 Å². The summed E-state index contributed by atoms with van der Waals surface area (Å²) in [6.07, 6.45) is 6.23. The zero-order valence-corrected chi connectivity index (χ0v) is 9.97. The average molecular weight is 246 g/mol. The number of aromatic amines is 1. The Hall–Kier alpha value is -2.44. The van der Waals surface area contributed by atoms with Crippen molar-refractivity contribution in [2.45, 2.75) is 13.5 Å². The number of anilines is 1. The fourth-order valence-corrected chi connectivity index (χ4v) is 1.39. The second-order valence-corrected chi connectivity index (χ2v) is 3.58. The topological polar surface area (TPSA) is 95.6 Å². The molecule has 94 valence electrons. The second-order valence-electron chi connectivity index (χ2n) is 3.58. The van der Waals surface area contributed by atoms with Gasteiger partial charge in [0, 0.05) is 12.7 Å². The normalized spacial score (nSPS) is 10.1. The van der Waals surface area contributed by atoms with Crippen molar-refractivity contribution in [2.24, 2.45) is 0 Å². The number of hydrogen-bond acceptors (Lipinski definition) is 5. The van der Waals surface area contributed by atoms with Crippen molar-refractivity contribution < 1.29 is 4.79 Å². The molecule has 0 aliphatic rings. The van der Waals surface area contributed by atoms with Crippen molar-refractivity contribution in [1.29, 1.82) is 0 Å². The molecule has 1 amide bonds. The first kappa shape index (κ1) is 12.0. The summed E-state index contributed by atoms with van der Waals surface area (Å²) < 4.78 is 0. The molecule has 0 unspecified atom stereocenters. The summed E-state index contributed by atoms with van der Waals surface area (Å²) in [6.45, 7) is 3.06. The Labute approximate surface area is 104 Å². The number of nitrogens with zero attached hydrogens (tertiary/aromatic N) is 3. The Kier molecular flexibility index (Phi) is 3.85. The van der Waals surface area contributed by atoms with Crippen LogP contribution in [0.3, 0.4) is 0 Å². The van der Waals surface area contributed by atoms with Crippen molar-refractivity contribution in [2.75, 3.05) is 11.9 Å². The Morgan fingerprint density at radius 1 is 1.33 bits per heavy atom. The van der Waals surface area contributed by atoms with E-state index in [0.717, 1.165) is 12.2 Å². The van der Waals surface area contributed by atoms with Gasteiger partial charge in [0.2, 0.25) is 0 Å². The zero-order chi connectivity index (χ0) is 12.8. The van der Waals surface area contributed by atoms with Gasteiger partial charge in [0.05, 0.1) is 31.0 Å². The molecule has 0 aliphatic heterocycles. The number of hydrogen-bond donors (Lipinski definition) is 3. The fourth-order valence-electron chi connectivity index (χ4n) is 1.39. The maximum absolute atomic E-state index is 11.8. The molecule has 0 atom stereocenters. The van der Waals surface area contributed by atoms with Gasteiger partial charge in [-0.05, 0) is 6.92 Å². The van der Waals surface area contributed by atoms with E-state index >= 15 is 0 Å². The molecule has 0 spiro atoms. The molecule has 7 nitrogen and oxygen atoms in total. The fraction of sp³-hybridized carbons (Fsp3) is 0.273. The van der Waals surface area contributed by atoms with Crippen LogP contribution >= 0.6 is 0 Å². The third-order valence-corrected chi connectivity index (χ3v) is 2.22. The molecule has 2 aromatic rings. The minimum atomic E-state index is -0.267. The molecule has 2 heterocycles.